The van der Waals surface area contributed by atoms with Crippen LogP contribution < -0.4 is 0 Å². The van der Waals surface area contributed by atoms with E-state index < -0.39 is 5.97 Å². The van der Waals surface area contributed by atoms with E-state index in [0.29, 0.717) is 6.04 Å². The highest BCUT2D eigenvalue weighted by atomic mass is 16.4. The minimum Gasteiger partial charge on any atom is -0.476 e. The maximum Gasteiger partial charge on any atom is 0.356 e. The van der Waals surface area contributed by atoms with Gasteiger partial charge in [0.2, 0.25) is 0 Å². The fraction of sp³-hybridized carbons (Fsp3) is 0.556. The first-order valence-corrected chi connectivity index (χ1v) is 4.42. The standard InChI is InChI=1S/C9H14N2O2/c1-3-4-7(2)11-5-8(9(12)13)10-6-11/h5-7H,3-4H2,1-2H3,(H,12,13). The van der Waals surface area contributed by atoms with Gasteiger partial charge < -0.3 is 9.67 Å². The molecule has 0 aromatic carbocycles. The Morgan fingerprint density at radius 3 is 2.92 bits per heavy atom. The lowest BCUT2D eigenvalue weighted by atomic mass is 10.2. The lowest BCUT2D eigenvalue weighted by molar-refractivity contribution is 0.0691. The van der Waals surface area contributed by atoms with Crippen LogP contribution in [0.3, 0.4) is 0 Å². The van der Waals surface area contributed by atoms with Crippen molar-refractivity contribution < 1.29 is 9.90 Å². The molecule has 0 fully saturated rings. The second-order valence-corrected chi connectivity index (χ2v) is 3.15. The predicted octanol–water partition coefficient (Wildman–Crippen LogP) is 1.94. The number of nitrogens with zero attached hydrogens (tertiary/aromatic N) is 2. The Hall–Kier alpha value is -1.32. The fourth-order valence-electron chi connectivity index (χ4n) is 1.26. The van der Waals surface area contributed by atoms with E-state index >= 15 is 0 Å². The number of carbonyl (C=O) groups is 1. The molecular weight excluding hydrogens is 168 g/mol. The van der Waals surface area contributed by atoms with Crippen molar-refractivity contribution in [3.8, 4) is 0 Å². The molecule has 0 radical (unpaired) electrons. The van der Waals surface area contributed by atoms with E-state index in [2.05, 4.69) is 18.8 Å². The van der Waals surface area contributed by atoms with Crippen LogP contribution in [0.25, 0.3) is 0 Å². The number of carboxylic acid groups (broad SMARTS) is 1. The molecule has 1 rings (SSSR count). The second kappa shape index (κ2) is 4.07. The summed E-state index contributed by atoms with van der Waals surface area (Å²) >= 11 is 0. The Balaban J connectivity index is 2.73. The summed E-state index contributed by atoms with van der Waals surface area (Å²) in [5, 5.41) is 8.63. The van der Waals surface area contributed by atoms with Gasteiger partial charge in [0.1, 0.15) is 0 Å². The lowest BCUT2D eigenvalue weighted by Crippen LogP contribution is -2.02. The highest BCUT2D eigenvalue weighted by Crippen LogP contribution is 2.12. The number of carboxylic acids is 1. The highest BCUT2D eigenvalue weighted by Gasteiger charge is 2.09. The topological polar surface area (TPSA) is 55.1 Å². The third-order valence-electron chi connectivity index (χ3n) is 2.04. The molecule has 0 aliphatic heterocycles. The number of hydrogen-bond acceptors (Lipinski definition) is 2. The Labute approximate surface area is 77.2 Å². The van der Waals surface area contributed by atoms with Crippen LogP contribution in [-0.4, -0.2) is 20.6 Å². The van der Waals surface area contributed by atoms with Gasteiger partial charge in [-0.25, -0.2) is 9.78 Å². The molecule has 0 bridgehead atoms. The Morgan fingerprint density at radius 1 is 1.77 bits per heavy atom. The monoisotopic (exact) mass is 182 g/mol. The third-order valence-corrected chi connectivity index (χ3v) is 2.04. The van der Waals surface area contributed by atoms with E-state index in [1.807, 2.05) is 4.57 Å². The van der Waals surface area contributed by atoms with Crippen molar-refractivity contribution in [1.29, 1.82) is 0 Å². The quantitative estimate of drug-likeness (QED) is 0.774. The first kappa shape index (κ1) is 9.77. The summed E-state index contributed by atoms with van der Waals surface area (Å²) in [4.78, 5) is 14.3. The van der Waals surface area contributed by atoms with E-state index in [0.717, 1.165) is 12.8 Å². The van der Waals surface area contributed by atoms with Crippen LogP contribution in [0.2, 0.25) is 0 Å². The molecule has 1 aromatic rings. The van der Waals surface area contributed by atoms with Gasteiger partial charge in [-0.2, -0.15) is 0 Å². The summed E-state index contributed by atoms with van der Waals surface area (Å²) in [7, 11) is 0. The van der Waals surface area contributed by atoms with Gasteiger partial charge in [-0.05, 0) is 13.3 Å². The van der Waals surface area contributed by atoms with Crippen LogP contribution in [0.4, 0.5) is 0 Å². The average molecular weight is 182 g/mol. The summed E-state index contributed by atoms with van der Waals surface area (Å²) in [5.41, 5.74) is 0.114. The van der Waals surface area contributed by atoms with Crippen LogP contribution in [0, 0.1) is 0 Å². The van der Waals surface area contributed by atoms with E-state index in [1.165, 1.54) is 0 Å². The van der Waals surface area contributed by atoms with Gasteiger partial charge in [0.15, 0.2) is 5.69 Å². The Kier molecular flexibility index (Phi) is 3.06. The van der Waals surface area contributed by atoms with Gasteiger partial charge in [-0.15, -0.1) is 0 Å². The predicted molar refractivity (Wildman–Crippen MR) is 48.8 cm³/mol. The first-order valence-electron chi connectivity index (χ1n) is 4.42. The van der Waals surface area contributed by atoms with Gasteiger partial charge in [-0.1, -0.05) is 13.3 Å². The van der Waals surface area contributed by atoms with E-state index in [9.17, 15) is 4.79 Å². The summed E-state index contributed by atoms with van der Waals surface area (Å²) in [6, 6.07) is 0.325. The van der Waals surface area contributed by atoms with Crippen molar-refractivity contribution in [3.05, 3.63) is 18.2 Å². The number of rotatable bonds is 4. The molecule has 0 amide bonds. The third kappa shape index (κ3) is 2.31. The Bertz CT molecular complexity index is 294. The van der Waals surface area contributed by atoms with E-state index in [1.54, 1.807) is 12.5 Å². The van der Waals surface area contributed by atoms with Crippen LogP contribution in [0.5, 0.6) is 0 Å². The zero-order chi connectivity index (χ0) is 9.84. The maximum absolute atomic E-state index is 10.5. The van der Waals surface area contributed by atoms with Crippen molar-refractivity contribution in [3.63, 3.8) is 0 Å². The lowest BCUT2D eigenvalue weighted by Gasteiger charge is -2.10. The summed E-state index contributed by atoms with van der Waals surface area (Å²) in [5.74, 6) is -0.970. The molecule has 0 saturated carbocycles. The SMILES string of the molecule is CCCC(C)n1cnc(C(=O)O)c1. The number of imidazole rings is 1. The molecular formula is C9H14N2O2. The van der Waals surface area contributed by atoms with Crippen LogP contribution in [0.15, 0.2) is 12.5 Å². The molecule has 0 aliphatic rings. The highest BCUT2D eigenvalue weighted by molar-refractivity contribution is 5.84. The number of hydrogen-bond donors (Lipinski definition) is 1. The first-order chi connectivity index (χ1) is 6.15. The van der Waals surface area contributed by atoms with Gasteiger partial charge in [0.25, 0.3) is 0 Å². The minimum absolute atomic E-state index is 0.114. The zero-order valence-electron chi connectivity index (χ0n) is 7.90. The van der Waals surface area contributed by atoms with Crippen molar-refractivity contribution in [2.24, 2.45) is 0 Å². The van der Waals surface area contributed by atoms with Gasteiger partial charge in [0.05, 0.1) is 6.33 Å². The molecule has 1 heterocycles. The zero-order valence-corrected chi connectivity index (χ0v) is 7.90. The molecule has 0 spiro atoms. The fourth-order valence-corrected chi connectivity index (χ4v) is 1.26. The average Bonchev–Trinajstić information content (AvgIpc) is 2.52. The molecule has 72 valence electrons. The van der Waals surface area contributed by atoms with Crippen molar-refractivity contribution in [2.45, 2.75) is 32.7 Å². The van der Waals surface area contributed by atoms with Gasteiger partial charge >= 0.3 is 5.97 Å². The molecule has 1 unspecified atom stereocenters. The molecule has 0 saturated heterocycles. The van der Waals surface area contributed by atoms with Crippen molar-refractivity contribution in [2.75, 3.05) is 0 Å². The normalized spacial score (nSPS) is 12.8. The van der Waals surface area contributed by atoms with Crippen LogP contribution in [-0.2, 0) is 0 Å². The Morgan fingerprint density at radius 2 is 2.46 bits per heavy atom. The van der Waals surface area contributed by atoms with Crippen LogP contribution >= 0.6 is 0 Å². The largest absolute Gasteiger partial charge is 0.476 e. The molecule has 1 N–H and O–H groups in total. The summed E-state index contributed by atoms with van der Waals surface area (Å²) in [6.45, 7) is 4.16. The molecule has 1 atom stereocenters. The van der Waals surface area contributed by atoms with Crippen molar-refractivity contribution in [1.82, 2.24) is 9.55 Å². The minimum atomic E-state index is -0.970. The van der Waals surface area contributed by atoms with Gasteiger partial charge in [-0.3, -0.25) is 0 Å². The summed E-state index contributed by atoms with van der Waals surface area (Å²) in [6.07, 6.45) is 5.27. The van der Waals surface area contributed by atoms with Crippen molar-refractivity contribution >= 4 is 5.97 Å². The van der Waals surface area contributed by atoms with E-state index in [4.69, 9.17) is 5.11 Å². The second-order valence-electron chi connectivity index (χ2n) is 3.15. The molecule has 0 aliphatic carbocycles. The molecule has 4 nitrogen and oxygen atoms in total. The number of aromatic nitrogens is 2. The maximum atomic E-state index is 10.5. The summed E-state index contributed by atoms with van der Waals surface area (Å²) < 4.78 is 1.84. The molecule has 1 aromatic heterocycles. The smallest absolute Gasteiger partial charge is 0.356 e. The van der Waals surface area contributed by atoms with Crippen LogP contribution in [0.1, 0.15) is 43.2 Å². The van der Waals surface area contributed by atoms with E-state index in [-0.39, 0.29) is 5.69 Å². The molecule has 4 heteroatoms. The van der Waals surface area contributed by atoms with Gasteiger partial charge in [0, 0.05) is 12.2 Å². The molecule has 13 heavy (non-hydrogen) atoms. The number of aromatic carboxylic acids is 1.